The highest BCUT2D eigenvalue weighted by atomic mass is 16.5. The number of hydrogen-bond donors (Lipinski definition) is 1. The number of aryl methyl sites for hydroxylation is 1. The van der Waals surface area contributed by atoms with Gasteiger partial charge in [0, 0.05) is 18.8 Å². The molecule has 1 saturated heterocycles. The van der Waals surface area contributed by atoms with Gasteiger partial charge in [0.05, 0.1) is 6.10 Å². The van der Waals surface area contributed by atoms with Crippen LogP contribution in [0.5, 0.6) is 0 Å². The number of hydrogen-bond acceptors (Lipinski definition) is 2. The van der Waals surface area contributed by atoms with Gasteiger partial charge in [0.15, 0.2) is 0 Å². The van der Waals surface area contributed by atoms with Gasteiger partial charge in [0.25, 0.3) is 0 Å². The second-order valence-corrected chi connectivity index (χ2v) is 4.82. The SMILES string of the molecule is CCCc1ccc(NCC2CCCCO2)cc1. The summed E-state index contributed by atoms with van der Waals surface area (Å²) in [6, 6.07) is 8.78. The number of benzene rings is 1. The van der Waals surface area contributed by atoms with E-state index in [1.165, 1.54) is 43.4 Å². The predicted molar refractivity (Wildman–Crippen MR) is 72.5 cm³/mol. The largest absolute Gasteiger partial charge is 0.382 e. The Balaban J connectivity index is 1.77. The molecule has 0 amide bonds. The molecule has 17 heavy (non-hydrogen) atoms. The maximum Gasteiger partial charge on any atom is 0.0747 e. The lowest BCUT2D eigenvalue weighted by molar-refractivity contribution is 0.0247. The van der Waals surface area contributed by atoms with Gasteiger partial charge in [-0.15, -0.1) is 0 Å². The van der Waals surface area contributed by atoms with Crippen LogP contribution < -0.4 is 5.32 Å². The molecule has 0 aromatic heterocycles. The first-order valence-corrected chi connectivity index (χ1v) is 6.83. The first-order chi connectivity index (χ1) is 8.38. The third-order valence-corrected chi connectivity index (χ3v) is 3.30. The molecule has 0 aliphatic carbocycles. The minimum Gasteiger partial charge on any atom is -0.382 e. The number of rotatable bonds is 5. The molecule has 0 radical (unpaired) electrons. The average Bonchev–Trinajstić information content (AvgIpc) is 2.40. The van der Waals surface area contributed by atoms with Crippen LogP contribution in [0.4, 0.5) is 5.69 Å². The summed E-state index contributed by atoms with van der Waals surface area (Å²) in [5.74, 6) is 0. The van der Waals surface area contributed by atoms with Crippen LogP contribution in [-0.2, 0) is 11.2 Å². The van der Waals surface area contributed by atoms with E-state index < -0.39 is 0 Å². The van der Waals surface area contributed by atoms with Crippen LogP contribution in [0.1, 0.15) is 38.2 Å². The monoisotopic (exact) mass is 233 g/mol. The van der Waals surface area contributed by atoms with Crippen LogP contribution in [-0.4, -0.2) is 19.3 Å². The molecular weight excluding hydrogens is 210 g/mol. The van der Waals surface area contributed by atoms with E-state index in [1.54, 1.807) is 0 Å². The molecule has 94 valence electrons. The topological polar surface area (TPSA) is 21.3 Å². The normalized spacial score (nSPS) is 20.2. The quantitative estimate of drug-likeness (QED) is 0.838. The van der Waals surface area contributed by atoms with Crippen molar-refractivity contribution in [2.75, 3.05) is 18.5 Å². The summed E-state index contributed by atoms with van der Waals surface area (Å²) < 4.78 is 5.70. The van der Waals surface area contributed by atoms with Crippen LogP contribution in [0, 0.1) is 0 Å². The van der Waals surface area contributed by atoms with Crippen molar-refractivity contribution in [1.29, 1.82) is 0 Å². The van der Waals surface area contributed by atoms with E-state index in [9.17, 15) is 0 Å². The summed E-state index contributed by atoms with van der Waals surface area (Å²) in [6.07, 6.45) is 6.51. The van der Waals surface area contributed by atoms with Gasteiger partial charge < -0.3 is 10.1 Å². The zero-order chi connectivity index (χ0) is 11.9. The Morgan fingerprint density at radius 3 is 2.71 bits per heavy atom. The number of ether oxygens (including phenoxy) is 1. The van der Waals surface area contributed by atoms with Crippen LogP contribution in [0.2, 0.25) is 0 Å². The van der Waals surface area contributed by atoms with Gasteiger partial charge >= 0.3 is 0 Å². The minimum absolute atomic E-state index is 0.402. The minimum atomic E-state index is 0.402. The molecule has 2 nitrogen and oxygen atoms in total. The Labute approximate surface area is 104 Å². The van der Waals surface area contributed by atoms with E-state index in [0.717, 1.165) is 13.2 Å². The molecule has 1 aliphatic heterocycles. The van der Waals surface area contributed by atoms with Crippen LogP contribution in [0.3, 0.4) is 0 Å². The molecule has 1 atom stereocenters. The third kappa shape index (κ3) is 4.04. The second kappa shape index (κ2) is 6.65. The Hall–Kier alpha value is -1.02. The highest BCUT2D eigenvalue weighted by molar-refractivity contribution is 5.44. The summed E-state index contributed by atoms with van der Waals surface area (Å²) in [5, 5.41) is 3.46. The molecular formula is C15H23NO. The van der Waals surface area contributed by atoms with Crippen LogP contribution in [0.25, 0.3) is 0 Å². The summed E-state index contributed by atoms with van der Waals surface area (Å²) in [7, 11) is 0. The maximum atomic E-state index is 5.70. The summed E-state index contributed by atoms with van der Waals surface area (Å²) in [5.41, 5.74) is 2.63. The van der Waals surface area contributed by atoms with Crippen molar-refractivity contribution >= 4 is 5.69 Å². The van der Waals surface area contributed by atoms with Gasteiger partial charge in [-0.25, -0.2) is 0 Å². The fourth-order valence-electron chi connectivity index (χ4n) is 2.28. The van der Waals surface area contributed by atoms with E-state index >= 15 is 0 Å². The molecule has 1 N–H and O–H groups in total. The number of anilines is 1. The molecule has 1 fully saturated rings. The van der Waals surface area contributed by atoms with Crippen molar-refractivity contribution in [2.45, 2.75) is 45.1 Å². The molecule has 1 heterocycles. The Morgan fingerprint density at radius 1 is 1.24 bits per heavy atom. The van der Waals surface area contributed by atoms with E-state index in [0.29, 0.717) is 6.10 Å². The van der Waals surface area contributed by atoms with Gasteiger partial charge in [-0.05, 0) is 43.4 Å². The van der Waals surface area contributed by atoms with Crippen LogP contribution in [0.15, 0.2) is 24.3 Å². The average molecular weight is 233 g/mol. The van der Waals surface area contributed by atoms with Crippen molar-refractivity contribution in [3.63, 3.8) is 0 Å². The van der Waals surface area contributed by atoms with Crippen molar-refractivity contribution < 1.29 is 4.74 Å². The molecule has 1 aromatic rings. The fourth-order valence-corrected chi connectivity index (χ4v) is 2.28. The maximum absolute atomic E-state index is 5.70. The molecule has 1 unspecified atom stereocenters. The van der Waals surface area contributed by atoms with Gasteiger partial charge in [-0.1, -0.05) is 25.5 Å². The Bertz CT molecular complexity index is 314. The van der Waals surface area contributed by atoms with Gasteiger partial charge in [-0.3, -0.25) is 0 Å². The van der Waals surface area contributed by atoms with Crippen molar-refractivity contribution in [2.24, 2.45) is 0 Å². The van der Waals surface area contributed by atoms with Crippen molar-refractivity contribution in [3.05, 3.63) is 29.8 Å². The zero-order valence-electron chi connectivity index (χ0n) is 10.7. The summed E-state index contributed by atoms with van der Waals surface area (Å²) in [4.78, 5) is 0. The van der Waals surface area contributed by atoms with E-state index in [2.05, 4.69) is 36.5 Å². The van der Waals surface area contributed by atoms with E-state index in [1.807, 2.05) is 0 Å². The lowest BCUT2D eigenvalue weighted by atomic mass is 10.1. The summed E-state index contributed by atoms with van der Waals surface area (Å²) in [6.45, 7) is 4.08. The molecule has 1 aliphatic rings. The molecule has 2 heteroatoms. The first-order valence-electron chi connectivity index (χ1n) is 6.83. The summed E-state index contributed by atoms with van der Waals surface area (Å²) >= 11 is 0. The van der Waals surface area contributed by atoms with Crippen molar-refractivity contribution in [3.8, 4) is 0 Å². The lowest BCUT2D eigenvalue weighted by Crippen LogP contribution is -2.26. The Kier molecular flexibility index (Phi) is 4.87. The highest BCUT2D eigenvalue weighted by Crippen LogP contribution is 2.15. The fraction of sp³-hybridized carbons (Fsp3) is 0.600. The standard InChI is InChI=1S/C15H23NO/c1-2-5-13-7-9-14(10-8-13)16-12-15-6-3-4-11-17-15/h7-10,15-16H,2-6,11-12H2,1H3. The molecule has 2 rings (SSSR count). The molecule has 0 spiro atoms. The van der Waals surface area contributed by atoms with Gasteiger partial charge in [0.2, 0.25) is 0 Å². The molecule has 0 saturated carbocycles. The van der Waals surface area contributed by atoms with E-state index in [-0.39, 0.29) is 0 Å². The van der Waals surface area contributed by atoms with Crippen molar-refractivity contribution in [1.82, 2.24) is 0 Å². The van der Waals surface area contributed by atoms with Gasteiger partial charge in [-0.2, -0.15) is 0 Å². The highest BCUT2D eigenvalue weighted by Gasteiger charge is 2.12. The van der Waals surface area contributed by atoms with E-state index in [4.69, 9.17) is 4.74 Å². The Morgan fingerprint density at radius 2 is 2.06 bits per heavy atom. The number of nitrogens with one attached hydrogen (secondary N) is 1. The zero-order valence-corrected chi connectivity index (χ0v) is 10.7. The van der Waals surface area contributed by atoms with Gasteiger partial charge in [0.1, 0.15) is 0 Å². The van der Waals surface area contributed by atoms with Crippen LogP contribution >= 0.6 is 0 Å². The lowest BCUT2D eigenvalue weighted by Gasteiger charge is -2.23. The molecule has 1 aromatic carbocycles. The smallest absolute Gasteiger partial charge is 0.0747 e. The predicted octanol–water partition coefficient (Wildman–Crippen LogP) is 3.62. The second-order valence-electron chi connectivity index (χ2n) is 4.82. The first kappa shape index (κ1) is 12.4. The third-order valence-electron chi connectivity index (χ3n) is 3.30. The molecule has 0 bridgehead atoms.